The van der Waals surface area contributed by atoms with Crippen LogP contribution in [0.5, 0.6) is 5.88 Å². The minimum atomic E-state index is 0.654. The van der Waals surface area contributed by atoms with Crippen LogP contribution in [0.3, 0.4) is 0 Å². The van der Waals surface area contributed by atoms with Crippen molar-refractivity contribution in [1.82, 2.24) is 9.88 Å². The lowest BCUT2D eigenvalue weighted by Crippen LogP contribution is -2.14. The van der Waals surface area contributed by atoms with E-state index in [9.17, 15) is 0 Å². The summed E-state index contributed by atoms with van der Waals surface area (Å²) in [6.45, 7) is 7.85. The van der Waals surface area contributed by atoms with Gasteiger partial charge >= 0.3 is 0 Å². The van der Waals surface area contributed by atoms with E-state index in [0.29, 0.717) is 12.5 Å². The van der Waals surface area contributed by atoms with Gasteiger partial charge in [0, 0.05) is 13.6 Å². The molecule has 1 aromatic rings. The number of ether oxygens (including phenoxy) is 1. The second kappa shape index (κ2) is 8.95. The van der Waals surface area contributed by atoms with E-state index in [2.05, 4.69) is 39.8 Å². The molecule has 1 heterocycles. The molecular weight excluding hydrogens is 318 g/mol. The highest BCUT2D eigenvalue weighted by Crippen LogP contribution is 2.29. The van der Waals surface area contributed by atoms with Crippen LogP contribution in [-0.2, 0) is 0 Å². The van der Waals surface area contributed by atoms with Gasteiger partial charge in [-0.3, -0.25) is 0 Å². The van der Waals surface area contributed by atoms with Crippen molar-refractivity contribution in [3.8, 4) is 5.88 Å². The van der Waals surface area contributed by atoms with Crippen molar-refractivity contribution in [2.45, 2.75) is 40.0 Å². The lowest BCUT2D eigenvalue weighted by atomic mass is 10.3. The van der Waals surface area contributed by atoms with Crippen LogP contribution in [0, 0.1) is 6.92 Å². The van der Waals surface area contributed by atoms with Crippen LogP contribution in [0.1, 0.15) is 38.8 Å². The van der Waals surface area contributed by atoms with E-state index in [4.69, 9.17) is 4.74 Å². The zero-order valence-electron chi connectivity index (χ0n) is 12.8. The van der Waals surface area contributed by atoms with Crippen LogP contribution >= 0.6 is 15.9 Å². The van der Waals surface area contributed by atoms with Gasteiger partial charge in [-0.1, -0.05) is 19.8 Å². The molecule has 112 valence electrons. The van der Waals surface area contributed by atoms with Gasteiger partial charge in [0.05, 0.1) is 28.8 Å². The van der Waals surface area contributed by atoms with Crippen molar-refractivity contribution in [2.24, 2.45) is 4.99 Å². The number of rotatable bonds is 8. The molecule has 20 heavy (non-hydrogen) atoms. The van der Waals surface area contributed by atoms with Crippen molar-refractivity contribution in [3.05, 3.63) is 16.2 Å². The first kappa shape index (κ1) is 17.0. The molecule has 0 saturated heterocycles. The van der Waals surface area contributed by atoms with Gasteiger partial charge in [0.25, 0.3) is 0 Å². The molecule has 5 heteroatoms. The Balaban J connectivity index is 2.73. The minimum Gasteiger partial charge on any atom is -0.477 e. The van der Waals surface area contributed by atoms with Crippen LogP contribution in [0.2, 0.25) is 0 Å². The SMILES string of the molecule is CCCCCOc1nc(C)c(/N=C/N(C)CC)cc1Br. The maximum atomic E-state index is 5.70. The summed E-state index contributed by atoms with van der Waals surface area (Å²) in [5.41, 5.74) is 1.73. The number of hydrogen-bond acceptors (Lipinski definition) is 3. The zero-order chi connectivity index (χ0) is 15.0. The lowest BCUT2D eigenvalue weighted by Gasteiger charge is -2.11. The summed E-state index contributed by atoms with van der Waals surface area (Å²) in [7, 11) is 1.99. The average molecular weight is 342 g/mol. The van der Waals surface area contributed by atoms with E-state index >= 15 is 0 Å². The molecule has 0 amide bonds. The Hall–Kier alpha value is -1.10. The normalized spacial score (nSPS) is 11.1. The molecule has 0 radical (unpaired) electrons. The molecule has 0 aliphatic heterocycles. The monoisotopic (exact) mass is 341 g/mol. The van der Waals surface area contributed by atoms with Crippen LogP contribution < -0.4 is 4.74 Å². The molecule has 4 nitrogen and oxygen atoms in total. The average Bonchev–Trinajstić information content (AvgIpc) is 2.44. The Labute approximate surface area is 130 Å². The van der Waals surface area contributed by atoms with Crippen LogP contribution in [0.25, 0.3) is 0 Å². The van der Waals surface area contributed by atoms with Gasteiger partial charge in [0.1, 0.15) is 0 Å². The van der Waals surface area contributed by atoms with E-state index < -0.39 is 0 Å². The number of halogens is 1. The lowest BCUT2D eigenvalue weighted by molar-refractivity contribution is 0.292. The molecule has 0 aliphatic rings. The Morgan fingerprint density at radius 2 is 2.15 bits per heavy atom. The van der Waals surface area contributed by atoms with Crippen LogP contribution in [0.4, 0.5) is 5.69 Å². The van der Waals surface area contributed by atoms with Crippen molar-refractivity contribution in [3.63, 3.8) is 0 Å². The molecule has 0 saturated carbocycles. The first-order valence-electron chi connectivity index (χ1n) is 7.12. The number of aryl methyl sites for hydroxylation is 1. The zero-order valence-corrected chi connectivity index (χ0v) is 14.4. The molecule has 0 aliphatic carbocycles. The highest BCUT2D eigenvalue weighted by Gasteiger charge is 2.08. The number of aromatic nitrogens is 1. The van der Waals surface area contributed by atoms with Crippen LogP contribution in [0.15, 0.2) is 15.5 Å². The van der Waals surface area contributed by atoms with Crippen molar-refractivity contribution >= 4 is 28.0 Å². The molecule has 0 atom stereocenters. The topological polar surface area (TPSA) is 37.7 Å². The summed E-state index contributed by atoms with van der Waals surface area (Å²) < 4.78 is 6.55. The highest BCUT2D eigenvalue weighted by molar-refractivity contribution is 9.10. The Morgan fingerprint density at radius 3 is 2.80 bits per heavy atom. The third kappa shape index (κ3) is 5.49. The van der Waals surface area contributed by atoms with E-state index in [1.165, 1.54) is 12.8 Å². The highest BCUT2D eigenvalue weighted by atomic mass is 79.9. The van der Waals surface area contributed by atoms with E-state index in [0.717, 1.165) is 28.8 Å². The van der Waals surface area contributed by atoms with Gasteiger partial charge < -0.3 is 9.64 Å². The second-order valence-corrected chi connectivity index (χ2v) is 5.61. The number of aliphatic imine (C=N–C) groups is 1. The maximum absolute atomic E-state index is 5.70. The smallest absolute Gasteiger partial charge is 0.228 e. The summed E-state index contributed by atoms with van der Waals surface area (Å²) in [5, 5.41) is 0. The predicted molar refractivity (Wildman–Crippen MR) is 88.2 cm³/mol. The molecule has 1 rings (SSSR count). The quantitative estimate of drug-likeness (QED) is 0.401. The molecular formula is C15H24BrN3O. The fraction of sp³-hybridized carbons (Fsp3) is 0.600. The van der Waals surface area contributed by atoms with Crippen molar-refractivity contribution in [1.29, 1.82) is 0 Å². The number of pyridine rings is 1. The van der Waals surface area contributed by atoms with Gasteiger partial charge in [-0.15, -0.1) is 0 Å². The number of unbranched alkanes of at least 4 members (excludes halogenated alkanes) is 2. The fourth-order valence-corrected chi connectivity index (χ4v) is 1.96. The largest absolute Gasteiger partial charge is 0.477 e. The van der Waals surface area contributed by atoms with E-state index in [1.807, 2.05) is 31.3 Å². The summed E-state index contributed by atoms with van der Waals surface area (Å²) in [6, 6.07) is 1.96. The Bertz CT molecular complexity index is 449. The molecule has 1 aromatic heterocycles. The third-order valence-electron chi connectivity index (χ3n) is 2.99. The molecule has 0 N–H and O–H groups in total. The maximum Gasteiger partial charge on any atom is 0.228 e. The van der Waals surface area contributed by atoms with E-state index in [-0.39, 0.29) is 0 Å². The standard InChI is InChI=1S/C15H24BrN3O/c1-5-7-8-9-20-15-13(16)10-14(12(3)18-15)17-11-19(4)6-2/h10-11H,5-9H2,1-4H3/b17-11+. The summed E-state index contributed by atoms with van der Waals surface area (Å²) >= 11 is 3.50. The molecule has 0 aromatic carbocycles. The summed E-state index contributed by atoms with van der Waals surface area (Å²) in [4.78, 5) is 10.9. The van der Waals surface area contributed by atoms with E-state index in [1.54, 1.807) is 0 Å². The van der Waals surface area contributed by atoms with Gasteiger partial charge in [0.2, 0.25) is 5.88 Å². The fourth-order valence-electron chi connectivity index (χ4n) is 1.54. The number of hydrogen-bond donors (Lipinski definition) is 0. The van der Waals surface area contributed by atoms with Crippen molar-refractivity contribution in [2.75, 3.05) is 20.2 Å². The third-order valence-corrected chi connectivity index (χ3v) is 3.56. The summed E-state index contributed by atoms with van der Waals surface area (Å²) in [6.07, 6.45) is 5.25. The van der Waals surface area contributed by atoms with Gasteiger partial charge in [-0.2, -0.15) is 0 Å². The molecule has 0 spiro atoms. The Kier molecular flexibility index (Phi) is 7.59. The van der Waals surface area contributed by atoms with Gasteiger partial charge in [-0.05, 0) is 42.3 Å². The Morgan fingerprint density at radius 1 is 1.40 bits per heavy atom. The van der Waals surface area contributed by atoms with Crippen molar-refractivity contribution < 1.29 is 4.74 Å². The summed E-state index contributed by atoms with van der Waals surface area (Å²) in [5.74, 6) is 0.654. The first-order chi connectivity index (χ1) is 9.58. The molecule has 0 bridgehead atoms. The first-order valence-corrected chi connectivity index (χ1v) is 7.92. The predicted octanol–water partition coefficient (Wildman–Crippen LogP) is 4.33. The molecule has 0 fully saturated rings. The van der Waals surface area contributed by atoms with Gasteiger partial charge in [-0.25, -0.2) is 9.98 Å². The van der Waals surface area contributed by atoms with Gasteiger partial charge in [0.15, 0.2) is 0 Å². The second-order valence-electron chi connectivity index (χ2n) is 4.75. The molecule has 0 unspecified atom stereocenters. The van der Waals surface area contributed by atoms with Crippen LogP contribution in [-0.4, -0.2) is 36.4 Å². The number of nitrogens with zero attached hydrogens (tertiary/aromatic N) is 3. The minimum absolute atomic E-state index is 0.654.